The molecule has 0 aliphatic rings. The molecule has 0 aliphatic carbocycles. The van der Waals surface area contributed by atoms with Gasteiger partial charge in [-0.2, -0.15) is 0 Å². The molecule has 0 saturated heterocycles. The van der Waals surface area contributed by atoms with E-state index in [1.807, 2.05) is 32.0 Å². The fourth-order valence-electron chi connectivity index (χ4n) is 2.31. The largest absolute Gasteiger partial charge is 0.496 e. The van der Waals surface area contributed by atoms with Gasteiger partial charge in [0, 0.05) is 6.61 Å². The van der Waals surface area contributed by atoms with Crippen LogP contribution in [0.5, 0.6) is 11.5 Å². The third-order valence-corrected chi connectivity index (χ3v) is 5.19. The van der Waals surface area contributed by atoms with E-state index in [2.05, 4.69) is 0 Å². The molecule has 0 aliphatic heterocycles. The molecule has 2 aromatic carbocycles. The van der Waals surface area contributed by atoms with E-state index in [-0.39, 0.29) is 14.1 Å². The van der Waals surface area contributed by atoms with Gasteiger partial charge in [-0.1, -0.05) is 23.7 Å². The monoisotopic (exact) mass is 380 g/mol. The molecule has 0 saturated carbocycles. The molecule has 1 atom stereocenters. The number of carbonyl (C=O) groups is 1. The smallest absolute Gasteiger partial charge is 0.190 e. The Labute approximate surface area is 155 Å². The molecule has 6 heteroatoms. The van der Waals surface area contributed by atoms with Crippen molar-refractivity contribution in [1.29, 1.82) is 0 Å². The highest BCUT2D eigenvalue weighted by Gasteiger charge is 2.17. The van der Waals surface area contributed by atoms with Crippen LogP contribution in [-0.2, 0) is 4.74 Å². The maximum atomic E-state index is 12.7. The van der Waals surface area contributed by atoms with E-state index < -0.39 is 0 Å². The van der Waals surface area contributed by atoms with Crippen LogP contribution in [0.1, 0.15) is 22.8 Å². The zero-order valence-electron chi connectivity index (χ0n) is 14.6. The van der Waals surface area contributed by atoms with Gasteiger partial charge in [-0.25, -0.2) is 0 Å². The summed E-state index contributed by atoms with van der Waals surface area (Å²) < 4.78 is 16.2. The minimum Gasteiger partial charge on any atom is -0.496 e. The lowest BCUT2D eigenvalue weighted by Crippen LogP contribution is -2.09. The number of benzene rings is 2. The fourth-order valence-corrected chi connectivity index (χ4v) is 3.70. The minimum atomic E-state index is -0.0458. The van der Waals surface area contributed by atoms with Crippen LogP contribution in [-0.4, -0.2) is 32.5 Å². The number of aryl methyl sites for hydroxylation is 1. The first-order valence-electron chi connectivity index (χ1n) is 8.01. The second-order valence-electron chi connectivity index (χ2n) is 5.29. The molecule has 2 aromatic rings. The zero-order chi connectivity index (χ0) is 18.2. The number of rotatable bonds is 9. The molecule has 25 heavy (non-hydrogen) atoms. The average molecular weight is 381 g/mol. The third-order valence-electron chi connectivity index (χ3n) is 3.57. The number of hydrogen-bond acceptors (Lipinski definition) is 4. The van der Waals surface area contributed by atoms with E-state index in [4.69, 9.17) is 25.8 Å². The first kappa shape index (κ1) is 19.7. The second kappa shape index (κ2) is 9.76. The van der Waals surface area contributed by atoms with Crippen molar-refractivity contribution in [2.75, 3.05) is 26.9 Å². The van der Waals surface area contributed by atoms with E-state index in [1.54, 1.807) is 18.2 Å². The van der Waals surface area contributed by atoms with Crippen molar-refractivity contribution in [2.45, 2.75) is 13.8 Å². The predicted octanol–water partition coefficient (Wildman–Crippen LogP) is 4.22. The standard InChI is InChI=1S/C19H22ClO4P/c1-4-23-10-11-24-14-8-9-17(13(2)12-14)25-19(21)18-15(20)6-5-7-16(18)22-3/h5-9,12,25H,4,10-11H2,1-3H3. The molecule has 4 nitrogen and oxygen atoms in total. The molecular formula is C19H22ClO4P. The molecule has 0 amide bonds. The first-order valence-corrected chi connectivity index (χ1v) is 9.39. The van der Waals surface area contributed by atoms with E-state index in [9.17, 15) is 4.79 Å². The van der Waals surface area contributed by atoms with Crippen molar-refractivity contribution in [2.24, 2.45) is 0 Å². The lowest BCUT2D eigenvalue weighted by atomic mass is 10.2. The highest BCUT2D eigenvalue weighted by atomic mass is 35.5. The van der Waals surface area contributed by atoms with Crippen LogP contribution in [0.15, 0.2) is 36.4 Å². The lowest BCUT2D eigenvalue weighted by molar-refractivity contribution is 0.108. The molecule has 0 radical (unpaired) electrons. The van der Waals surface area contributed by atoms with Gasteiger partial charge in [-0.05, 0) is 57.6 Å². The first-order chi connectivity index (χ1) is 12.1. The van der Waals surface area contributed by atoms with Gasteiger partial charge in [0.1, 0.15) is 18.1 Å². The van der Waals surface area contributed by atoms with E-state index in [1.165, 1.54) is 7.11 Å². The van der Waals surface area contributed by atoms with E-state index >= 15 is 0 Å². The SMILES string of the molecule is CCOCCOc1ccc(PC(=O)c2c(Cl)cccc2OC)c(C)c1. The van der Waals surface area contributed by atoms with Gasteiger partial charge in [-0.15, -0.1) is 0 Å². The Hall–Kier alpha value is -1.61. The second-order valence-corrected chi connectivity index (χ2v) is 6.94. The van der Waals surface area contributed by atoms with Crippen molar-refractivity contribution in [1.82, 2.24) is 0 Å². The van der Waals surface area contributed by atoms with Gasteiger partial charge in [0.05, 0.1) is 24.3 Å². The molecule has 1 unspecified atom stereocenters. The van der Waals surface area contributed by atoms with Crippen LogP contribution in [0.4, 0.5) is 0 Å². The Morgan fingerprint density at radius 1 is 1.20 bits per heavy atom. The van der Waals surface area contributed by atoms with Gasteiger partial charge in [0.25, 0.3) is 0 Å². The number of ether oxygens (including phenoxy) is 3. The minimum absolute atomic E-state index is 0.0345. The van der Waals surface area contributed by atoms with Crippen LogP contribution >= 0.6 is 20.2 Å². The summed E-state index contributed by atoms with van der Waals surface area (Å²) in [6.45, 7) is 5.66. The van der Waals surface area contributed by atoms with Crippen LogP contribution < -0.4 is 14.8 Å². The van der Waals surface area contributed by atoms with Crippen LogP contribution in [0.3, 0.4) is 0 Å². The Bertz CT molecular complexity index is 733. The summed E-state index contributed by atoms with van der Waals surface area (Å²) in [6.07, 6.45) is 0. The summed E-state index contributed by atoms with van der Waals surface area (Å²) in [6, 6.07) is 10.9. The van der Waals surface area contributed by atoms with Crippen molar-refractivity contribution in [3.63, 3.8) is 0 Å². The quantitative estimate of drug-likeness (QED) is 0.482. The van der Waals surface area contributed by atoms with Gasteiger partial charge < -0.3 is 14.2 Å². The van der Waals surface area contributed by atoms with Crippen molar-refractivity contribution < 1.29 is 19.0 Å². The Kier molecular flexibility index (Phi) is 7.70. The van der Waals surface area contributed by atoms with Gasteiger partial charge in [-0.3, -0.25) is 4.79 Å². The molecule has 0 aromatic heterocycles. The van der Waals surface area contributed by atoms with Gasteiger partial charge >= 0.3 is 0 Å². The normalized spacial score (nSPS) is 11.0. The number of halogens is 1. The molecule has 0 bridgehead atoms. The molecule has 0 fully saturated rings. The summed E-state index contributed by atoms with van der Waals surface area (Å²) >= 11 is 6.19. The molecular weight excluding hydrogens is 359 g/mol. The lowest BCUT2D eigenvalue weighted by Gasteiger charge is -2.12. The predicted molar refractivity (Wildman–Crippen MR) is 103 cm³/mol. The summed E-state index contributed by atoms with van der Waals surface area (Å²) in [7, 11) is 1.50. The molecule has 0 N–H and O–H groups in total. The Balaban J connectivity index is 2.09. The number of methoxy groups -OCH3 is 1. The van der Waals surface area contributed by atoms with E-state index in [0.717, 1.165) is 16.6 Å². The van der Waals surface area contributed by atoms with Crippen LogP contribution in [0.2, 0.25) is 5.02 Å². The van der Waals surface area contributed by atoms with Crippen LogP contribution in [0, 0.1) is 6.92 Å². The third kappa shape index (κ3) is 5.43. The van der Waals surface area contributed by atoms with Crippen LogP contribution in [0.25, 0.3) is 0 Å². The van der Waals surface area contributed by atoms with Crippen molar-refractivity contribution in [3.8, 4) is 11.5 Å². The zero-order valence-corrected chi connectivity index (χ0v) is 16.4. The maximum Gasteiger partial charge on any atom is 0.190 e. The molecule has 134 valence electrons. The Morgan fingerprint density at radius 2 is 2.00 bits per heavy atom. The average Bonchev–Trinajstić information content (AvgIpc) is 2.60. The highest BCUT2D eigenvalue weighted by molar-refractivity contribution is 7.66. The summed E-state index contributed by atoms with van der Waals surface area (Å²) in [5.41, 5.74) is 1.39. The van der Waals surface area contributed by atoms with Gasteiger partial charge in [0.15, 0.2) is 5.52 Å². The molecule has 0 spiro atoms. The number of carbonyl (C=O) groups excluding carboxylic acids is 1. The maximum absolute atomic E-state index is 12.7. The van der Waals surface area contributed by atoms with Gasteiger partial charge in [0.2, 0.25) is 0 Å². The summed E-state index contributed by atoms with van der Waals surface area (Å²) in [5, 5.41) is 1.37. The topological polar surface area (TPSA) is 44.8 Å². The molecule has 2 rings (SSSR count). The molecule has 0 heterocycles. The summed E-state index contributed by atoms with van der Waals surface area (Å²) in [4.78, 5) is 12.7. The van der Waals surface area contributed by atoms with Crippen molar-refractivity contribution in [3.05, 3.63) is 52.5 Å². The highest BCUT2D eigenvalue weighted by Crippen LogP contribution is 2.32. The van der Waals surface area contributed by atoms with E-state index in [0.29, 0.717) is 36.2 Å². The Morgan fingerprint density at radius 3 is 2.68 bits per heavy atom. The fraction of sp³-hybridized carbons (Fsp3) is 0.316. The van der Waals surface area contributed by atoms with Crippen molar-refractivity contribution >= 4 is 31.0 Å². The number of hydrogen-bond donors (Lipinski definition) is 0. The summed E-state index contributed by atoms with van der Waals surface area (Å²) in [5.74, 6) is 1.27.